The van der Waals surface area contributed by atoms with E-state index in [1.165, 1.54) is 0 Å². The lowest BCUT2D eigenvalue weighted by Gasteiger charge is -2.36. The van der Waals surface area contributed by atoms with Crippen molar-refractivity contribution in [1.29, 1.82) is 0 Å². The summed E-state index contributed by atoms with van der Waals surface area (Å²) in [6, 6.07) is 0. The SMILES string of the molecule is CCN(CC)C(=O)CN1CCN(C(=O)C2CCCO2)CC1. The molecule has 2 aliphatic heterocycles. The van der Waals surface area contributed by atoms with Crippen molar-refractivity contribution in [3.8, 4) is 0 Å². The van der Waals surface area contributed by atoms with Gasteiger partial charge < -0.3 is 14.5 Å². The number of hydrogen-bond donors (Lipinski definition) is 0. The molecule has 0 spiro atoms. The first-order valence-electron chi connectivity index (χ1n) is 8.06. The van der Waals surface area contributed by atoms with Crippen LogP contribution in [-0.4, -0.2) is 85.0 Å². The molecule has 0 bridgehead atoms. The molecular weight excluding hydrogens is 270 g/mol. The van der Waals surface area contributed by atoms with Gasteiger partial charge in [0.05, 0.1) is 6.54 Å². The van der Waals surface area contributed by atoms with Crippen molar-refractivity contribution in [3.05, 3.63) is 0 Å². The van der Waals surface area contributed by atoms with Gasteiger partial charge in [0.15, 0.2) is 0 Å². The molecule has 0 aromatic carbocycles. The van der Waals surface area contributed by atoms with E-state index in [4.69, 9.17) is 4.74 Å². The largest absolute Gasteiger partial charge is 0.368 e. The molecule has 2 saturated heterocycles. The number of carbonyl (C=O) groups excluding carboxylic acids is 2. The van der Waals surface area contributed by atoms with Gasteiger partial charge in [-0.05, 0) is 26.7 Å². The Balaban J connectivity index is 1.75. The third-order valence-corrected chi connectivity index (χ3v) is 4.36. The van der Waals surface area contributed by atoms with Gasteiger partial charge in [0.25, 0.3) is 5.91 Å². The fourth-order valence-corrected chi connectivity index (χ4v) is 2.97. The molecule has 0 N–H and O–H groups in total. The molecule has 0 saturated carbocycles. The standard InChI is InChI=1S/C15H27N3O3/c1-3-17(4-2)14(19)12-16-7-9-18(10-8-16)15(20)13-6-5-11-21-13/h13H,3-12H2,1-2H3. The van der Waals surface area contributed by atoms with Crippen LogP contribution in [0.3, 0.4) is 0 Å². The molecule has 6 heteroatoms. The van der Waals surface area contributed by atoms with Crippen molar-refractivity contribution in [2.75, 3.05) is 52.4 Å². The van der Waals surface area contributed by atoms with Crippen LogP contribution in [-0.2, 0) is 14.3 Å². The molecule has 1 atom stereocenters. The Bertz CT molecular complexity index is 357. The minimum absolute atomic E-state index is 0.127. The monoisotopic (exact) mass is 297 g/mol. The number of rotatable bonds is 5. The summed E-state index contributed by atoms with van der Waals surface area (Å²) in [7, 11) is 0. The molecule has 2 rings (SSSR count). The van der Waals surface area contributed by atoms with Crippen LogP contribution in [0.15, 0.2) is 0 Å². The smallest absolute Gasteiger partial charge is 0.251 e. The lowest BCUT2D eigenvalue weighted by molar-refractivity contribution is -0.143. The maximum absolute atomic E-state index is 12.2. The van der Waals surface area contributed by atoms with E-state index in [1.807, 2.05) is 23.6 Å². The predicted octanol–water partition coefficient (Wildman–Crippen LogP) is 0.178. The zero-order valence-electron chi connectivity index (χ0n) is 13.2. The topological polar surface area (TPSA) is 53.1 Å². The molecule has 2 aliphatic rings. The zero-order chi connectivity index (χ0) is 15.2. The van der Waals surface area contributed by atoms with Gasteiger partial charge in [-0.25, -0.2) is 0 Å². The fourth-order valence-electron chi connectivity index (χ4n) is 2.97. The fraction of sp³-hybridized carbons (Fsp3) is 0.867. The van der Waals surface area contributed by atoms with E-state index < -0.39 is 0 Å². The molecule has 2 amide bonds. The average Bonchev–Trinajstić information content (AvgIpc) is 3.03. The van der Waals surface area contributed by atoms with Crippen molar-refractivity contribution in [2.45, 2.75) is 32.8 Å². The van der Waals surface area contributed by atoms with Crippen LogP contribution in [0.4, 0.5) is 0 Å². The molecule has 21 heavy (non-hydrogen) atoms. The molecular formula is C15H27N3O3. The summed E-state index contributed by atoms with van der Waals surface area (Å²) in [5.41, 5.74) is 0. The molecule has 6 nitrogen and oxygen atoms in total. The quantitative estimate of drug-likeness (QED) is 0.726. The first-order chi connectivity index (χ1) is 10.2. The second-order valence-corrected chi connectivity index (χ2v) is 5.67. The molecule has 2 fully saturated rings. The van der Waals surface area contributed by atoms with Gasteiger partial charge in [0, 0.05) is 45.9 Å². The number of ether oxygens (including phenoxy) is 1. The van der Waals surface area contributed by atoms with Crippen molar-refractivity contribution >= 4 is 11.8 Å². The first-order valence-corrected chi connectivity index (χ1v) is 8.06. The van der Waals surface area contributed by atoms with Gasteiger partial charge in [0.1, 0.15) is 6.10 Å². The highest BCUT2D eigenvalue weighted by molar-refractivity contribution is 5.81. The third kappa shape index (κ3) is 4.17. The van der Waals surface area contributed by atoms with E-state index in [9.17, 15) is 9.59 Å². The van der Waals surface area contributed by atoms with Gasteiger partial charge in [-0.1, -0.05) is 0 Å². The summed E-state index contributed by atoms with van der Waals surface area (Å²) >= 11 is 0. The third-order valence-electron chi connectivity index (χ3n) is 4.36. The second-order valence-electron chi connectivity index (χ2n) is 5.67. The van der Waals surface area contributed by atoms with Crippen LogP contribution >= 0.6 is 0 Å². The molecule has 0 aliphatic carbocycles. The van der Waals surface area contributed by atoms with Crippen molar-refractivity contribution in [3.63, 3.8) is 0 Å². The van der Waals surface area contributed by atoms with Crippen molar-refractivity contribution < 1.29 is 14.3 Å². The molecule has 0 aromatic heterocycles. The molecule has 120 valence electrons. The van der Waals surface area contributed by atoms with Crippen LogP contribution in [0.25, 0.3) is 0 Å². The number of likely N-dealkylation sites (N-methyl/N-ethyl adjacent to an activating group) is 1. The maximum Gasteiger partial charge on any atom is 0.251 e. The van der Waals surface area contributed by atoms with E-state index in [-0.39, 0.29) is 17.9 Å². The van der Waals surface area contributed by atoms with Crippen LogP contribution in [0, 0.1) is 0 Å². The Morgan fingerprint density at radius 1 is 1.14 bits per heavy atom. The number of piperazine rings is 1. The molecule has 0 radical (unpaired) electrons. The number of hydrogen-bond acceptors (Lipinski definition) is 4. The first kappa shape index (κ1) is 16.2. The summed E-state index contributed by atoms with van der Waals surface area (Å²) < 4.78 is 5.45. The van der Waals surface area contributed by atoms with Gasteiger partial charge in [-0.3, -0.25) is 14.5 Å². The summed E-state index contributed by atoms with van der Waals surface area (Å²) in [4.78, 5) is 30.2. The summed E-state index contributed by atoms with van der Waals surface area (Å²) in [5, 5.41) is 0. The minimum atomic E-state index is -0.228. The highest BCUT2D eigenvalue weighted by Crippen LogP contribution is 2.16. The average molecular weight is 297 g/mol. The zero-order valence-corrected chi connectivity index (χ0v) is 13.2. The Hall–Kier alpha value is -1.14. The van der Waals surface area contributed by atoms with Crippen LogP contribution in [0.2, 0.25) is 0 Å². The number of nitrogens with zero attached hydrogens (tertiary/aromatic N) is 3. The van der Waals surface area contributed by atoms with E-state index in [1.54, 1.807) is 0 Å². The predicted molar refractivity (Wildman–Crippen MR) is 79.9 cm³/mol. The number of carbonyl (C=O) groups is 2. The number of amides is 2. The van der Waals surface area contributed by atoms with Gasteiger partial charge in [-0.2, -0.15) is 0 Å². The van der Waals surface area contributed by atoms with E-state index in [0.29, 0.717) is 26.2 Å². The van der Waals surface area contributed by atoms with E-state index >= 15 is 0 Å². The molecule has 0 aromatic rings. The Morgan fingerprint density at radius 2 is 1.81 bits per heavy atom. The van der Waals surface area contributed by atoms with Gasteiger partial charge >= 0.3 is 0 Å². The highest BCUT2D eigenvalue weighted by Gasteiger charge is 2.30. The lowest BCUT2D eigenvalue weighted by atomic mass is 10.2. The Morgan fingerprint density at radius 3 is 2.33 bits per heavy atom. The van der Waals surface area contributed by atoms with Crippen LogP contribution < -0.4 is 0 Å². The normalized spacial score (nSPS) is 23.3. The summed E-state index contributed by atoms with van der Waals surface area (Å²) in [6.45, 7) is 9.61. The minimum Gasteiger partial charge on any atom is -0.368 e. The second kappa shape index (κ2) is 7.75. The lowest BCUT2D eigenvalue weighted by Crippen LogP contribution is -2.53. The van der Waals surface area contributed by atoms with Crippen LogP contribution in [0.5, 0.6) is 0 Å². The molecule has 2 heterocycles. The summed E-state index contributed by atoms with van der Waals surface area (Å²) in [6.07, 6.45) is 1.60. The summed E-state index contributed by atoms with van der Waals surface area (Å²) in [5.74, 6) is 0.307. The van der Waals surface area contributed by atoms with Gasteiger partial charge in [-0.15, -0.1) is 0 Å². The van der Waals surface area contributed by atoms with Gasteiger partial charge in [0.2, 0.25) is 5.91 Å². The Labute approximate surface area is 127 Å². The molecule has 1 unspecified atom stereocenters. The Kier molecular flexibility index (Phi) is 5.99. The van der Waals surface area contributed by atoms with E-state index in [2.05, 4.69) is 4.90 Å². The van der Waals surface area contributed by atoms with Crippen LogP contribution in [0.1, 0.15) is 26.7 Å². The van der Waals surface area contributed by atoms with E-state index in [0.717, 1.165) is 39.0 Å². The maximum atomic E-state index is 12.2. The van der Waals surface area contributed by atoms with Crippen molar-refractivity contribution in [2.24, 2.45) is 0 Å². The highest BCUT2D eigenvalue weighted by atomic mass is 16.5. The van der Waals surface area contributed by atoms with Crippen molar-refractivity contribution in [1.82, 2.24) is 14.7 Å².